The zero-order valence-electron chi connectivity index (χ0n) is 88.4. The molecular formula is C115H172BrClFN11OS3. The first-order chi connectivity index (χ1) is 62.6. The summed E-state index contributed by atoms with van der Waals surface area (Å²) in [4.78, 5) is 36.8. The molecule has 1 aliphatic carbocycles. The van der Waals surface area contributed by atoms with Crippen LogP contribution in [-0.2, 0) is 7.05 Å². The number of thiophene rings is 2. The molecule has 17 rings (SSSR count). The number of halogens is 3. The van der Waals surface area contributed by atoms with Gasteiger partial charge in [0.15, 0.2) is 0 Å². The van der Waals surface area contributed by atoms with Gasteiger partial charge in [-0.2, -0.15) is 0 Å². The van der Waals surface area contributed by atoms with Gasteiger partial charge in [-0.1, -0.05) is 159 Å². The van der Waals surface area contributed by atoms with Crippen LogP contribution in [-0.4, -0.2) is 135 Å². The van der Waals surface area contributed by atoms with Crippen LogP contribution < -0.4 is 0 Å². The third-order valence-corrected chi connectivity index (χ3v) is 25.8. The van der Waals surface area contributed by atoms with Gasteiger partial charge in [0, 0.05) is 129 Å². The number of likely N-dealkylation sites (N-methyl/N-ethyl adjacent to an activating group) is 2. The molecule has 9 aromatic heterocycles. The number of aryl methyl sites for hydroxylation is 26. The maximum absolute atomic E-state index is 12.6. The summed E-state index contributed by atoms with van der Waals surface area (Å²) in [5.41, 5.74) is 22.8. The molecule has 0 amide bonds. The van der Waals surface area contributed by atoms with Crippen molar-refractivity contribution >= 4 is 61.5 Å². The third kappa shape index (κ3) is 66.7. The molecule has 12 heterocycles. The van der Waals surface area contributed by atoms with Gasteiger partial charge in [-0.25, -0.2) is 19.3 Å². The number of piperazine rings is 1. The van der Waals surface area contributed by atoms with Crippen LogP contribution in [0.2, 0.25) is 5.02 Å². The van der Waals surface area contributed by atoms with Crippen LogP contribution in [0.1, 0.15) is 217 Å². The number of aromatic amines is 1. The van der Waals surface area contributed by atoms with E-state index in [9.17, 15) is 4.39 Å². The van der Waals surface area contributed by atoms with Gasteiger partial charge in [0.1, 0.15) is 17.4 Å². The number of pyridine rings is 2. The predicted molar refractivity (Wildman–Crippen MR) is 587 cm³/mol. The minimum absolute atomic E-state index is 0.116. The quantitative estimate of drug-likeness (QED) is 0.158. The van der Waals surface area contributed by atoms with Crippen LogP contribution in [0.15, 0.2) is 209 Å². The number of thiazole rings is 1. The lowest BCUT2D eigenvalue weighted by Crippen LogP contribution is -2.42. The summed E-state index contributed by atoms with van der Waals surface area (Å²) in [5.74, 6) is 5.69. The normalized spacial score (nSPS) is 14.3. The van der Waals surface area contributed by atoms with Crippen LogP contribution in [0.4, 0.5) is 4.39 Å². The minimum atomic E-state index is -0.116. The fraction of sp³-hybridized carbons (Fsp3) is 0.470. The third-order valence-electron chi connectivity index (χ3n) is 21.8. The topological polar surface area (TPSA) is 111 Å². The number of furan rings is 1. The van der Waals surface area contributed by atoms with E-state index in [0.717, 1.165) is 73.4 Å². The molecule has 0 unspecified atom stereocenters. The van der Waals surface area contributed by atoms with E-state index in [1.54, 1.807) is 54.3 Å². The highest BCUT2D eigenvalue weighted by atomic mass is 79.9. The Morgan fingerprint density at radius 3 is 1.07 bits per heavy atom. The highest BCUT2D eigenvalue weighted by molar-refractivity contribution is 9.10. The van der Waals surface area contributed by atoms with E-state index >= 15 is 0 Å². The second-order valence-corrected chi connectivity index (χ2v) is 41.9. The average Bonchev–Trinajstić information content (AvgIpc) is 1.86. The van der Waals surface area contributed by atoms with E-state index < -0.39 is 0 Å². The Morgan fingerprint density at radius 1 is 0.383 bits per heavy atom. The summed E-state index contributed by atoms with van der Waals surface area (Å²) in [7, 11) is 10.8. The van der Waals surface area contributed by atoms with Crippen LogP contribution in [0.3, 0.4) is 0 Å². The van der Waals surface area contributed by atoms with Crippen molar-refractivity contribution in [1.82, 2.24) is 54.1 Å². The number of piperidine rings is 2. The monoisotopic (exact) mass is 1950 g/mol. The molecule has 1 N–H and O–H groups in total. The minimum Gasteiger partial charge on any atom is -0.469 e. The molecular weight excluding hydrogens is 1780 g/mol. The van der Waals surface area contributed by atoms with Gasteiger partial charge < -0.3 is 33.6 Å². The lowest BCUT2D eigenvalue weighted by Gasteiger charge is -2.28. The van der Waals surface area contributed by atoms with E-state index in [-0.39, 0.29) is 5.82 Å². The van der Waals surface area contributed by atoms with Gasteiger partial charge >= 0.3 is 0 Å². The van der Waals surface area contributed by atoms with E-state index in [0.29, 0.717) is 5.56 Å². The largest absolute Gasteiger partial charge is 0.469 e. The summed E-state index contributed by atoms with van der Waals surface area (Å²) in [6, 6.07) is 46.8. The number of hydrogen-bond donors (Lipinski definition) is 1. The Balaban J connectivity index is 0.000000707. The van der Waals surface area contributed by atoms with Crippen molar-refractivity contribution in [3.8, 4) is 0 Å². The molecule has 3 saturated heterocycles. The smallest absolute Gasteiger partial charge is 0.126 e. The second-order valence-electron chi connectivity index (χ2n) is 36.9. The molecule has 12 nitrogen and oxygen atoms in total. The highest BCUT2D eigenvalue weighted by Crippen LogP contribution is 2.28. The van der Waals surface area contributed by atoms with Crippen molar-refractivity contribution in [1.29, 1.82) is 0 Å². The number of nitrogens with zero attached hydrogens (tertiary/aromatic N) is 10. The van der Waals surface area contributed by atoms with E-state index in [2.05, 4.69) is 311 Å². The van der Waals surface area contributed by atoms with E-state index in [1.165, 1.54) is 201 Å². The Kier molecular flexibility index (Phi) is 65.7. The van der Waals surface area contributed by atoms with Crippen LogP contribution in [0.5, 0.6) is 0 Å². The maximum Gasteiger partial charge on any atom is 0.126 e. The molecule has 0 radical (unpaired) electrons. The number of nitrogens with one attached hydrogen (secondary N) is 1. The molecule has 0 bridgehead atoms. The fourth-order valence-corrected chi connectivity index (χ4v) is 15.3. The zero-order chi connectivity index (χ0) is 100. The zero-order valence-corrected chi connectivity index (χ0v) is 93.2. The van der Waals surface area contributed by atoms with Crippen molar-refractivity contribution < 1.29 is 8.81 Å². The Bertz CT molecular complexity index is 4330. The fourth-order valence-electron chi connectivity index (χ4n) is 12.5. The van der Waals surface area contributed by atoms with Crippen molar-refractivity contribution in [3.05, 3.63) is 353 Å². The molecule has 732 valence electrons. The lowest BCUT2D eigenvalue weighted by molar-refractivity contribution is 0.181. The molecule has 18 heteroatoms. The van der Waals surface area contributed by atoms with E-state index in [4.69, 9.17) is 16.0 Å². The number of likely N-dealkylation sites (tertiary alicyclic amines) is 2. The van der Waals surface area contributed by atoms with Gasteiger partial charge in [-0.15, -0.1) is 34.0 Å². The Labute approximate surface area is 834 Å². The summed E-state index contributed by atoms with van der Waals surface area (Å²) in [6.45, 7) is 70.3. The molecule has 4 aromatic carbocycles. The molecule has 4 fully saturated rings. The number of rotatable bonds is 0. The molecule has 1 saturated carbocycles. The van der Waals surface area contributed by atoms with Crippen molar-refractivity contribution in [2.24, 2.45) is 30.7 Å². The molecule has 133 heavy (non-hydrogen) atoms. The molecule has 13 aromatic rings. The van der Waals surface area contributed by atoms with Crippen LogP contribution in [0.25, 0.3) is 0 Å². The van der Waals surface area contributed by atoms with Gasteiger partial charge in [0.05, 0.1) is 11.3 Å². The second kappa shape index (κ2) is 71.2. The number of benzene rings is 4. The Hall–Kier alpha value is -8.33. The van der Waals surface area contributed by atoms with Crippen molar-refractivity contribution in [3.63, 3.8) is 0 Å². The molecule has 0 atom stereocenters. The molecule has 0 spiro atoms. The van der Waals surface area contributed by atoms with E-state index in [1.807, 2.05) is 169 Å². The average molecular weight is 1960 g/mol. The first kappa shape index (κ1) is 123. The summed E-state index contributed by atoms with van der Waals surface area (Å²) in [5, 5.41) is 6.22. The van der Waals surface area contributed by atoms with Crippen LogP contribution >= 0.6 is 61.5 Å². The number of aromatic nitrogens is 7. The number of H-pyrrole nitrogens is 1. The SMILES string of the molecule is CC1CCC(C)CC1.CC1CCN(C)CC1.CC1CCN(C)CC1.CN1CCN(C)CC1.Cc1c[nH]c(C)c1.Cc1cc(C)n(C)c1.Cc1ccc(C)c(Br)c1.Cc1ccc(C)c(Cl)c1.Cc1ccc(C)c(F)c1.Cc1ccc(C)cc1.Cc1ccc(C)nc1.Cc1ccc(C)s1.Cc1ccncc1.Cc1cnc(C)nc1.Cc1coc(C)c1.Cc1csc(C)c1.Cc1csc(C)n1. The Morgan fingerprint density at radius 2 is 0.820 bits per heavy atom. The van der Waals surface area contributed by atoms with Gasteiger partial charge in [-0.3, -0.25) is 9.97 Å². The molecule has 4 aliphatic rings. The standard InChI is InChI=1S/C8H9Br.C8H9Cl.C8H9F.C8H16.C8H10.C7H11N.2C7H15N.C7H9N.C6H14N2.C6H8N2.C6H9N.C6H7N.C6H8O.2C6H8S.C5H7NS/c3*1-6-3-4-7(2)8(9)5-6;2*1-7-3-5-8(2)6-4-7;1-6-4-7(2)8(3)5-6;2*1-7-3-5-8(2)6-4-7;1-6-3-4-7(2)8-5-6;1-7-3-5-8(2)6-4-7;1-5-3-7-6(2)8-4-5;1-5-3-6(2)7-4-5;1-6-2-4-7-5-3-6;2*1-5-3-6(2)7-4-5;1-5-3-4-6(2)7-5;1-4-3-7-5(2)6-4/h3*3-5H,1-2H3;7-8H,3-6H2,1-2H3;3-6H,1-2H3;4-5H,1-3H3;2*7H,3-6H2,1-2H3;3-5H,1-2H3;3-6H2,1-2H3;3-4H,1-2H3;3-4,7H,1-2H3;2-5H,1H3;3*3-4H,1-2H3;3H,1-2H3. The van der Waals surface area contributed by atoms with Gasteiger partial charge in [0.2, 0.25) is 0 Å². The van der Waals surface area contributed by atoms with Crippen molar-refractivity contribution in [2.45, 2.75) is 252 Å². The summed E-state index contributed by atoms with van der Waals surface area (Å²) >= 11 is 14.6. The van der Waals surface area contributed by atoms with Crippen molar-refractivity contribution in [2.75, 3.05) is 80.5 Å². The predicted octanol–water partition coefficient (Wildman–Crippen LogP) is 32.0. The highest BCUT2D eigenvalue weighted by Gasteiger charge is 2.14. The molecule has 3 aliphatic heterocycles. The van der Waals surface area contributed by atoms with Crippen LogP contribution in [0, 0.1) is 203 Å². The lowest BCUT2D eigenvalue weighted by atomic mass is 9.84. The number of hydrogen-bond acceptors (Lipinski definition) is 13. The summed E-state index contributed by atoms with van der Waals surface area (Å²) in [6.07, 6.45) is 26.4. The van der Waals surface area contributed by atoms with Gasteiger partial charge in [-0.05, 0) is 427 Å². The first-order valence-corrected chi connectivity index (χ1v) is 51.0. The first-order valence-electron chi connectivity index (χ1n) is 47.3. The summed E-state index contributed by atoms with van der Waals surface area (Å²) < 4.78 is 20.9. The maximum atomic E-state index is 12.6. The van der Waals surface area contributed by atoms with Gasteiger partial charge in [0.25, 0.3) is 0 Å².